The van der Waals surface area contributed by atoms with Crippen LogP contribution in [0.25, 0.3) is 5.65 Å². The molecule has 4 nitrogen and oxygen atoms in total. The van der Waals surface area contributed by atoms with Crippen LogP contribution >= 0.6 is 0 Å². The molecule has 0 spiro atoms. The molecule has 25 heavy (non-hydrogen) atoms. The van der Waals surface area contributed by atoms with Crippen molar-refractivity contribution in [1.82, 2.24) is 9.38 Å². The fraction of sp³-hybridized carbons (Fsp3) is 0.333. The Balaban J connectivity index is 1.86. The summed E-state index contributed by atoms with van der Waals surface area (Å²) in [6.07, 6.45) is 4.65. The van der Waals surface area contributed by atoms with Crippen LogP contribution < -0.4 is 4.90 Å². The summed E-state index contributed by atoms with van der Waals surface area (Å²) >= 11 is 0. The maximum absolute atomic E-state index is 13.5. The molecule has 0 bridgehead atoms. The van der Waals surface area contributed by atoms with E-state index in [2.05, 4.69) is 26.8 Å². The normalized spacial score (nSPS) is 16.4. The van der Waals surface area contributed by atoms with Gasteiger partial charge in [-0.2, -0.15) is 0 Å². The highest BCUT2D eigenvalue weighted by molar-refractivity contribution is 6.08. The van der Waals surface area contributed by atoms with Crippen molar-refractivity contribution in [3.05, 3.63) is 65.1 Å². The molecule has 1 aromatic carbocycles. The number of aryl methyl sites for hydroxylation is 2. The van der Waals surface area contributed by atoms with Crippen molar-refractivity contribution >= 4 is 17.2 Å². The Morgan fingerprint density at radius 2 is 2.08 bits per heavy atom. The summed E-state index contributed by atoms with van der Waals surface area (Å²) in [6, 6.07) is 12.4. The first-order valence-corrected chi connectivity index (χ1v) is 8.99. The van der Waals surface area contributed by atoms with E-state index in [9.17, 15) is 4.79 Å². The van der Waals surface area contributed by atoms with Gasteiger partial charge >= 0.3 is 0 Å². The number of pyridine rings is 1. The van der Waals surface area contributed by atoms with Crippen LogP contribution in [0.5, 0.6) is 0 Å². The van der Waals surface area contributed by atoms with Crippen molar-refractivity contribution in [2.24, 2.45) is 0 Å². The van der Waals surface area contributed by atoms with Crippen LogP contribution in [0.4, 0.5) is 5.69 Å². The zero-order valence-electron chi connectivity index (χ0n) is 15.0. The Bertz CT molecular complexity index is 957. The molecular weight excluding hydrogens is 310 g/mol. The second-order valence-electron chi connectivity index (χ2n) is 6.95. The first-order chi connectivity index (χ1) is 12.1. The van der Waals surface area contributed by atoms with Crippen LogP contribution in [0.15, 0.2) is 42.6 Å². The molecule has 0 aliphatic carbocycles. The van der Waals surface area contributed by atoms with Crippen molar-refractivity contribution in [2.75, 3.05) is 4.90 Å². The zero-order valence-corrected chi connectivity index (χ0v) is 15.0. The van der Waals surface area contributed by atoms with E-state index in [1.807, 2.05) is 45.8 Å². The van der Waals surface area contributed by atoms with E-state index in [1.54, 1.807) is 0 Å². The lowest BCUT2D eigenvalue weighted by molar-refractivity contribution is 0.0975. The predicted octanol–water partition coefficient (Wildman–Crippen LogP) is 4.19. The van der Waals surface area contributed by atoms with Crippen molar-refractivity contribution in [3.63, 3.8) is 0 Å². The maximum atomic E-state index is 13.5. The quantitative estimate of drug-likeness (QED) is 0.721. The van der Waals surface area contributed by atoms with Crippen molar-refractivity contribution in [2.45, 2.75) is 46.1 Å². The van der Waals surface area contributed by atoms with Gasteiger partial charge in [-0.25, -0.2) is 4.98 Å². The predicted molar refractivity (Wildman–Crippen MR) is 100 cm³/mol. The lowest BCUT2D eigenvalue weighted by atomic mass is 10.1. The van der Waals surface area contributed by atoms with Gasteiger partial charge in [-0.15, -0.1) is 0 Å². The number of fused-ring (bicyclic) bond motifs is 2. The highest BCUT2D eigenvalue weighted by Crippen LogP contribution is 2.33. The zero-order chi connectivity index (χ0) is 17.6. The number of hydrogen-bond acceptors (Lipinski definition) is 2. The summed E-state index contributed by atoms with van der Waals surface area (Å²) < 4.78 is 1.95. The van der Waals surface area contributed by atoms with Crippen LogP contribution in [0.2, 0.25) is 0 Å². The lowest BCUT2D eigenvalue weighted by Gasteiger charge is -2.23. The summed E-state index contributed by atoms with van der Waals surface area (Å²) in [5.41, 5.74) is 5.89. The van der Waals surface area contributed by atoms with Crippen LogP contribution in [-0.2, 0) is 12.8 Å². The number of amides is 1. The topological polar surface area (TPSA) is 37.6 Å². The fourth-order valence-corrected chi connectivity index (χ4v) is 3.82. The van der Waals surface area contributed by atoms with Gasteiger partial charge in [0, 0.05) is 17.9 Å². The van der Waals surface area contributed by atoms with Gasteiger partial charge in [-0.05, 0) is 56.0 Å². The van der Waals surface area contributed by atoms with Crippen molar-refractivity contribution in [3.8, 4) is 0 Å². The van der Waals surface area contributed by atoms with Crippen LogP contribution in [0.3, 0.4) is 0 Å². The minimum absolute atomic E-state index is 0.0530. The fourth-order valence-electron chi connectivity index (χ4n) is 3.82. The number of para-hydroxylation sites is 1. The van der Waals surface area contributed by atoms with Crippen LogP contribution in [-0.4, -0.2) is 21.3 Å². The van der Waals surface area contributed by atoms with Gasteiger partial charge in [-0.1, -0.05) is 31.5 Å². The smallest absolute Gasteiger partial charge is 0.277 e. The third kappa shape index (κ3) is 2.53. The van der Waals surface area contributed by atoms with Gasteiger partial charge < -0.3 is 4.90 Å². The maximum Gasteiger partial charge on any atom is 0.277 e. The van der Waals surface area contributed by atoms with Gasteiger partial charge in [0.15, 0.2) is 0 Å². The van der Waals surface area contributed by atoms with Gasteiger partial charge in [0.1, 0.15) is 11.3 Å². The molecule has 0 N–H and O–H groups in total. The van der Waals surface area contributed by atoms with Crippen molar-refractivity contribution < 1.29 is 4.79 Å². The number of carbonyl (C=O) groups excluding carboxylic acids is 1. The summed E-state index contributed by atoms with van der Waals surface area (Å²) in [6.45, 7) is 6.29. The molecule has 3 heterocycles. The second kappa shape index (κ2) is 6.03. The molecule has 2 aromatic heterocycles. The average molecular weight is 333 g/mol. The standard InChI is InChI=1S/C21H23N3O/c1-4-7-17-20(23-11-10-14(2)12-19(23)22-17)21(25)24-15(3)13-16-8-5-6-9-18(16)24/h5-6,8-12,15H,4,7,13H2,1-3H3. The van der Waals surface area contributed by atoms with Crippen LogP contribution in [0, 0.1) is 6.92 Å². The minimum atomic E-state index is 0.0530. The van der Waals surface area contributed by atoms with E-state index in [-0.39, 0.29) is 11.9 Å². The molecule has 0 fully saturated rings. The molecular formula is C21H23N3O. The van der Waals surface area contributed by atoms with Gasteiger partial charge in [0.25, 0.3) is 5.91 Å². The molecule has 1 aliphatic rings. The summed E-state index contributed by atoms with van der Waals surface area (Å²) in [5, 5.41) is 0. The monoisotopic (exact) mass is 333 g/mol. The van der Waals surface area contributed by atoms with Gasteiger partial charge in [0.2, 0.25) is 0 Å². The van der Waals surface area contributed by atoms with Crippen LogP contribution in [0.1, 0.15) is 47.6 Å². The van der Waals surface area contributed by atoms with E-state index in [0.717, 1.165) is 41.9 Å². The number of imidazole rings is 1. The molecule has 1 aliphatic heterocycles. The molecule has 3 aromatic rings. The molecule has 4 heteroatoms. The molecule has 0 radical (unpaired) electrons. The summed E-state index contributed by atoms with van der Waals surface area (Å²) in [4.78, 5) is 20.2. The number of benzene rings is 1. The van der Waals surface area contributed by atoms with E-state index in [0.29, 0.717) is 5.69 Å². The van der Waals surface area contributed by atoms with E-state index in [4.69, 9.17) is 4.98 Å². The number of aromatic nitrogens is 2. The first-order valence-electron chi connectivity index (χ1n) is 8.99. The second-order valence-corrected chi connectivity index (χ2v) is 6.95. The van der Waals surface area contributed by atoms with Crippen molar-refractivity contribution in [1.29, 1.82) is 0 Å². The first kappa shape index (κ1) is 15.9. The summed E-state index contributed by atoms with van der Waals surface area (Å²) in [7, 11) is 0. The number of hydrogen-bond donors (Lipinski definition) is 0. The minimum Gasteiger partial charge on any atom is -0.304 e. The number of rotatable bonds is 3. The molecule has 1 atom stereocenters. The Morgan fingerprint density at radius 1 is 1.28 bits per heavy atom. The average Bonchev–Trinajstić information content (AvgIpc) is 3.10. The number of carbonyl (C=O) groups is 1. The highest BCUT2D eigenvalue weighted by Gasteiger charge is 2.34. The molecule has 0 saturated carbocycles. The number of nitrogens with zero attached hydrogens (tertiary/aromatic N) is 3. The SMILES string of the molecule is CCCc1nc2cc(C)ccn2c1C(=O)N1c2ccccc2CC1C. The Kier molecular flexibility index (Phi) is 3.83. The van der Waals surface area contributed by atoms with E-state index in [1.165, 1.54) is 5.56 Å². The molecule has 0 saturated heterocycles. The molecule has 128 valence electrons. The third-order valence-electron chi connectivity index (χ3n) is 4.97. The van der Waals surface area contributed by atoms with E-state index >= 15 is 0 Å². The Morgan fingerprint density at radius 3 is 2.88 bits per heavy atom. The highest BCUT2D eigenvalue weighted by atomic mass is 16.2. The molecule has 1 unspecified atom stereocenters. The molecule has 4 rings (SSSR count). The van der Waals surface area contributed by atoms with E-state index < -0.39 is 0 Å². The lowest BCUT2D eigenvalue weighted by Crippen LogP contribution is -2.37. The number of anilines is 1. The summed E-state index contributed by atoms with van der Waals surface area (Å²) in [5.74, 6) is 0.0530. The Hall–Kier alpha value is -2.62. The third-order valence-corrected chi connectivity index (χ3v) is 4.97. The van der Waals surface area contributed by atoms with Gasteiger partial charge in [0.05, 0.1) is 5.69 Å². The molecule has 1 amide bonds. The van der Waals surface area contributed by atoms with Gasteiger partial charge in [-0.3, -0.25) is 9.20 Å². The Labute approximate surface area is 148 Å². The largest absolute Gasteiger partial charge is 0.304 e.